The number of aromatic nitrogens is 1. The van der Waals surface area contributed by atoms with E-state index >= 15 is 0 Å². The third-order valence-corrected chi connectivity index (χ3v) is 8.66. The Kier molecular flexibility index (Phi) is 6.21. The van der Waals surface area contributed by atoms with Crippen LogP contribution in [-0.2, 0) is 21.2 Å². The van der Waals surface area contributed by atoms with Gasteiger partial charge in [0.2, 0.25) is 15.9 Å². The summed E-state index contributed by atoms with van der Waals surface area (Å²) in [6.07, 6.45) is 6.71. The number of carbonyl (C=O) groups is 1. The van der Waals surface area contributed by atoms with Crippen LogP contribution < -0.4 is 5.32 Å². The van der Waals surface area contributed by atoms with Crippen LogP contribution in [0.25, 0.3) is 0 Å². The molecule has 0 unspecified atom stereocenters. The molecule has 1 aromatic carbocycles. The summed E-state index contributed by atoms with van der Waals surface area (Å²) in [7, 11) is -2.07. The molecule has 1 aliphatic carbocycles. The lowest BCUT2D eigenvalue weighted by Gasteiger charge is -2.26. The fourth-order valence-electron chi connectivity index (χ4n) is 4.91. The molecule has 0 bridgehead atoms. The molecule has 4 rings (SSSR count). The molecule has 1 aromatic heterocycles. The molecule has 31 heavy (non-hydrogen) atoms. The van der Waals surface area contributed by atoms with Crippen LogP contribution >= 0.6 is 0 Å². The van der Waals surface area contributed by atoms with Gasteiger partial charge in [-0.3, -0.25) is 4.79 Å². The van der Waals surface area contributed by atoms with Gasteiger partial charge in [-0.15, -0.1) is 0 Å². The van der Waals surface area contributed by atoms with E-state index in [1.54, 1.807) is 31.3 Å². The van der Waals surface area contributed by atoms with E-state index in [-0.39, 0.29) is 17.3 Å². The second kappa shape index (κ2) is 8.74. The van der Waals surface area contributed by atoms with Crippen molar-refractivity contribution in [1.82, 2.24) is 14.8 Å². The van der Waals surface area contributed by atoms with Crippen molar-refractivity contribution in [2.45, 2.75) is 62.7 Å². The molecule has 1 aliphatic heterocycles. The third-order valence-electron chi connectivity index (χ3n) is 6.80. The van der Waals surface area contributed by atoms with Crippen molar-refractivity contribution in [1.29, 1.82) is 0 Å². The molecule has 2 heterocycles. The van der Waals surface area contributed by atoms with Gasteiger partial charge in [-0.1, -0.05) is 42.1 Å². The van der Waals surface area contributed by atoms with Gasteiger partial charge in [0.1, 0.15) is 5.76 Å². The zero-order chi connectivity index (χ0) is 22.1. The van der Waals surface area contributed by atoms with Gasteiger partial charge in [-0.05, 0) is 38.3 Å². The molecule has 2 fully saturated rings. The van der Waals surface area contributed by atoms with E-state index in [0.717, 1.165) is 24.1 Å². The Balaban J connectivity index is 1.55. The summed E-state index contributed by atoms with van der Waals surface area (Å²) in [4.78, 5) is 13.2. The number of nitrogens with one attached hydrogen (secondary N) is 1. The summed E-state index contributed by atoms with van der Waals surface area (Å²) in [5, 5.41) is 7.02. The maximum Gasteiger partial charge on any atom is 0.243 e. The van der Waals surface area contributed by atoms with Crippen LogP contribution in [-0.4, -0.2) is 43.9 Å². The van der Waals surface area contributed by atoms with Crippen molar-refractivity contribution in [2.75, 3.05) is 20.1 Å². The second-order valence-corrected chi connectivity index (χ2v) is 10.9. The van der Waals surface area contributed by atoms with Gasteiger partial charge in [0.05, 0.1) is 16.0 Å². The highest BCUT2D eigenvalue weighted by atomic mass is 32.2. The molecular formula is C23H31N3O4S. The van der Waals surface area contributed by atoms with Crippen LogP contribution in [0.15, 0.2) is 39.8 Å². The number of benzene rings is 1. The molecular weight excluding hydrogens is 414 g/mol. The smallest absolute Gasteiger partial charge is 0.243 e. The van der Waals surface area contributed by atoms with Crippen molar-refractivity contribution >= 4 is 15.9 Å². The molecule has 2 aliphatic rings. The van der Waals surface area contributed by atoms with Gasteiger partial charge in [0.25, 0.3) is 0 Å². The van der Waals surface area contributed by atoms with Crippen molar-refractivity contribution in [2.24, 2.45) is 5.41 Å². The monoisotopic (exact) mass is 445 g/mol. The zero-order valence-corrected chi connectivity index (χ0v) is 19.1. The topological polar surface area (TPSA) is 92.5 Å². The minimum absolute atomic E-state index is 0.127. The number of carbonyl (C=O) groups excluding carboxylic acids is 1. The number of sulfonamides is 1. The predicted octanol–water partition coefficient (Wildman–Crippen LogP) is 3.40. The van der Waals surface area contributed by atoms with E-state index in [1.165, 1.54) is 23.6 Å². The number of hydrogen-bond donors (Lipinski definition) is 1. The standard InChI is InChI=1S/C23H31N3O4S/c1-17-8-10-20(11-9-17)31(28,29)26-13-12-23(16-26,22(27)24-2)15-19-14-21(25-30-19)18-6-4-3-5-7-18/h8-11,14,18H,3-7,12-13,15-16H2,1-2H3,(H,24,27)/t23-/m0/s1. The molecule has 0 radical (unpaired) electrons. The number of amides is 1. The van der Waals surface area contributed by atoms with Crippen molar-refractivity contribution in [3.05, 3.63) is 47.3 Å². The van der Waals surface area contributed by atoms with Gasteiger partial charge >= 0.3 is 0 Å². The molecule has 8 heteroatoms. The highest BCUT2D eigenvalue weighted by molar-refractivity contribution is 7.89. The Bertz CT molecular complexity index is 1030. The summed E-state index contributed by atoms with van der Waals surface area (Å²) >= 11 is 0. The largest absolute Gasteiger partial charge is 0.361 e. The first kappa shape index (κ1) is 22.0. The first-order valence-corrected chi connectivity index (χ1v) is 12.5. The SMILES string of the molecule is CNC(=O)[C@]1(Cc2cc(C3CCCCC3)no2)CCN(S(=O)(=O)c2ccc(C)cc2)C1. The van der Waals surface area contributed by atoms with E-state index in [2.05, 4.69) is 10.5 Å². The molecule has 1 saturated carbocycles. The second-order valence-electron chi connectivity index (χ2n) is 8.99. The van der Waals surface area contributed by atoms with E-state index < -0.39 is 15.4 Å². The van der Waals surface area contributed by atoms with Crippen LogP contribution in [0.1, 0.15) is 61.5 Å². The van der Waals surface area contributed by atoms with Crippen molar-refractivity contribution < 1.29 is 17.7 Å². The average Bonchev–Trinajstić information content (AvgIpc) is 3.43. The Hall–Kier alpha value is -2.19. The Morgan fingerprint density at radius 1 is 1.23 bits per heavy atom. The normalized spacial score (nSPS) is 23.2. The molecule has 7 nitrogen and oxygen atoms in total. The molecule has 1 N–H and O–H groups in total. The molecule has 168 valence electrons. The lowest BCUT2D eigenvalue weighted by molar-refractivity contribution is -0.130. The van der Waals surface area contributed by atoms with Gasteiger partial charge in [-0.25, -0.2) is 8.42 Å². The summed E-state index contributed by atoms with van der Waals surface area (Å²) in [5.74, 6) is 0.910. The molecule has 0 spiro atoms. The number of hydrogen-bond acceptors (Lipinski definition) is 5. The van der Waals surface area contributed by atoms with E-state index in [9.17, 15) is 13.2 Å². The van der Waals surface area contributed by atoms with Gasteiger partial charge in [0, 0.05) is 38.5 Å². The maximum absolute atomic E-state index is 13.2. The molecule has 1 amide bonds. The highest BCUT2D eigenvalue weighted by Crippen LogP contribution is 2.39. The first-order chi connectivity index (χ1) is 14.8. The van der Waals surface area contributed by atoms with E-state index in [1.807, 2.05) is 13.0 Å². The minimum Gasteiger partial charge on any atom is -0.361 e. The number of nitrogens with zero attached hydrogens (tertiary/aromatic N) is 2. The first-order valence-electron chi connectivity index (χ1n) is 11.1. The van der Waals surface area contributed by atoms with Crippen LogP contribution in [0.2, 0.25) is 0 Å². The predicted molar refractivity (Wildman–Crippen MR) is 117 cm³/mol. The van der Waals surface area contributed by atoms with Crippen LogP contribution in [0, 0.1) is 12.3 Å². The Morgan fingerprint density at radius 2 is 1.94 bits per heavy atom. The number of rotatable bonds is 6. The zero-order valence-electron chi connectivity index (χ0n) is 18.3. The van der Waals surface area contributed by atoms with Gasteiger partial charge in [0.15, 0.2) is 0 Å². The third kappa shape index (κ3) is 4.41. The lowest BCUT2D eigenvalue weighted by Crippen LogP contribution is -2.44. The molecule has 1 saturated heterocycles. The summed E-state index contributed by atoms with van der Waals surface area (Å²) in [6, 6.07) is 8.79. The van der Waals surface area contributed by atoms with Gasteiger partial charge < -0.3 is 9.84 Å². The summed E-state index contributed by atoms with van der Waals surface area (Å²) < 4.78 is 33.4. The summed E-state index contributed by atoms with van der Waals surface area (Å²) in [6.45, 7) is 2.34. The summed E-state index contributed by atoms with van der Waals surface area (Å²) in [5.41, 5.74) is 1.10. The number of aryl methyl sites for hydroxylation is 1. The Morgan fingerprint density at radius 3 is 2.61 bits per heavy atom. The van der Waals surface area contributed by atoms with Crippen LogP contribution in [0.4, 0.5) is 0 Å². The van der Waals surface area contributed by atoms with E-state index in [4.69, 9.17) is 4.52 Å². The van der Waals surface area contributed by atoms with Gasteiger partial charge in [-0.2, -0.15) is 4.31 Å². The molecule has 1 atom stereocenters. The van der Waals surface area contributed by atoms with Crippen LogP contribution in [0.3, 0.4) is 0 Å². The fraction of sp³-hybridized carbons (Fsp3) is 0.565. The lowest BCUT2D eigenvalue weighted by atomic mass is 9.81. The minimum atomic E-state index is -3.67. The highest BCUT2D eigenvalue weighted by Gasteiger charge is 2.48. The fourth-order valence-corrected chi connectivity index (χ4v) is 6.44. The quantitative estimate of drug-likeness (QED) is 0.736. The Labute approximate surface area is 184 Å². The van der Waals surface area contributed by atoms with E-state index in [0.29, 0.717) is 31.1 Å². The van der Waals surface area contributed by atoms with Crippen LogP contribution in [0.5, 0.6) is 0 Å². The van der Waals surface area contributed by atoms with Crippen molar-refractivity contribution in [3.8, 4) is 0 Å². The average molecular weight is 446 g/mol. The van der Waals surface area contributed by atoms with Crippen molar-refractivity contribution in [3.63, 3.8) is 0 Å². The maximum atomic E-state index is 13.2. The molecule has 2 aromatic rings.